The number of thioether (sulfide) groups is 1. The van der Waals surface area contributed by atoms with E-state index in [-0.39, 0.29) is 23.7 Å². The molecule has 45 heavy (non-hydrogen) atoms. The van der Waals surface area contributed by atoms with Crippen LogP contribution < -0.4 is 10.6 Å². The summed E-state index contributed by atoms with van der Waals surface area (Å²) in [6.45, 7) is 15.2. The smallest absolute Gasteiger partial charge is 0.350 e. The second-order valence-electron chi connectivity index (χ2n) is 12.5. The number of benzene rings is 2. The van der Waals surface area contributed by atoms with Crippen molar-refractivity contribution in [2.75, 3.05) is 76.2 Å². The van der Waals surface area contributed by atoms with Crippen LogP contribution in [-0.2, 0) is 9.53 Å². The highest BCUT2D eigenvalue weighted by molar-refractivity contribution is 7.99. The quantitative estimate of drug-likeness (QED) is 0.381. The van der Waals surface area contributed by atoms with E-state index in [4.69, 9.17) is 9.72 Å². The monoisotopic (exact) mass is 636 g/mol. The van der Waals surface area contributed by atoms with Crippen LogP contribution >= 0.6 is 11.8 Å². The molecule has 3 fully saturated rings. The summed E-state index contributed by atoms with van der Waals surface area (Å²) in [5.41, 5.74) is 2.24. The van der Waals surface area contributed by atoms with Gasteiger partial charge in [0.05, 0.1) is 30.8 Å². The summed E-state index contributed by atoms with van der Waals surface area (Å²) < 4.78 is 36.4. The molecule has 5 heterocycles. The summed E-state index contributed by atoms with van der Waals surface area (Å²) in [6.07, 6.45) is 1.33. The van der Waals surface area contributed by atoms with Crippen molar-refractivity contribution in [1.82, 2.24) is 24.3 Å². The normalized spacial score (nSPS) is 22.9. The number of hydrogen-bond acceptors (Lipinski definition) is 8. The van der Waals surface area contributed by atoms with Gasteiger partial charge in [-0.15, -0.1) is 11.8 Å². The molecule has 2 aromatic carbocycles. The molecule has 1 aromatic heterocycles. The average Bonchev–Trinajstić information content (AvgIpc) is 2.99. The Labute approximate surface area is 265 Å². The van der Waals surface area contributed by atoms with Gasteiger partial charge < -0.3 is 14.5 Å². The summed E-state index contributed by atoms with van der Waals surface area (Å²) in [4.78, 5) is 40.7. The number of aromatic nitrogens is 2. The van der Waals surface area contributed by atoms with Crippen molar-refractivity contribution in [3.05, 3.63) is 64.6 Å². The number of amides is 1. The second kappa shape index (κ2) is 12.1. The molecule has 9 nitrogen and oxygen atoms in total. The first-order valence-corrected chi connectivity index (χ1v) is 16.6. The second-order valence-corrected chi connectivity index (χ2v) is 13.6. The van der Waals surface area contributed by atoms with Crippen LogP contribution in [0.1, 0.15) is 18.5 Å². The summed E-state index contributed by atoms with van der Waals surface area (Å²) in [5.74, 6) is -0.164. The van der Waals surface area contributed by atoms with Crippen LogP contribution in [0.25, 0.3) is 22.0 Å². The Hall–Kier alpha value is -3.32. The predicted octanol–water partition coefficient (Wildman–Crippen LogP) is 3.54. The fourth-order valence-corrected chi connectivity index (χ4v) is 8.62. The Morgan fingerprint density at radius 2 is 1.91 bits per heavy atom. The minimum absolute atomic E-state index is 0.0877. The molecule has 12 heteroatoms. The molecule has 7 rings (SSSR count). The summed E-state index contributed by atoms with van der Waals surface area (Å²) in [6, 6.07) is 5.96. The van der Waals surface area contributed by atoms with Gasteiger partial charge in [-0.05, 0) is 43.7 Å². The molecule has 0 unspecified atom stereocenters. The van der Waals surface area contributed by atoms with Gasteiger partial charge in [-0.3, -0.25) is 19.2 Å². The molecule has 1 amide bonds. The van der Waals surface area contributed by atoms with Crippen LogP contribution in [0.3, 0.4) is 0 Å². The molecule has 0 bridgehead atoms. The van der Waals surface area contributed by atoms with Gasteiger partial charge in [-0.2, -0.15) is 4.98 Å². The number of carbonyl (C=O) groups is 1. The first-order valence-electron chi connectivity index (χ1n) is 15.6. The fourth-order valence-electron chi connectivity index (χ4n) is 7.25. The Bertz CT molecular complexity index is 1720. The maximum atomic E-state index is 15.3. The first-order chi connectivity index (χ1) is 21.7. The van der Waals surface area contributed by atoms with Crippen LogP contribution in [0, 0.1) is 18.6 Å². The highest BCUT2D eigenvalue weighted by Gasteiger charge is 2.35. The third kappa shape index (κ3) is 5.45. The number of ether oxygens (including phenoxy) is 1. The predicted molar refractivity (Wildman–Crippen MR) is 172 cm³/mol. The molecule has 0 spiro atoms. The van der Waals surface area contributed by atoms with Gasteiger partial charge >= 0.3 is 5.69 Å². The zero-order valence-electron chi connectivity index (χ0n) is 25.7. The zero-order valence-corrected chi connectivity index (χ0v) is 26.5. The number of halogens is 2. The van der Waals surface area contributed by atoms with Crippen LogP contribution in [-0.4, -0.2) is 114 Å². The fraction of sp³-hybridized carbons (Fsp3) is 0.485. The third-order valence-corrected chi connectivity index (χ3v) is 11.0. The standard InChI is InChI=1S/C33H38F2N6O3S/c1-4-28(42)39-11-12-40(21(3)15-39)32-26-13-20(2)29(25-6-5-22(34)14-27(25)35)31-30(26)41(33(43)36-32)23(19-45-31)16-37-7-9-38(10-8-37)24-17-44-18-24/h4-6,13-14,21,23-24H,1,7-12,15-19H2,2-3H3/t21-,23-/m0/s1. The largest absolute Gasteiger partial charge is 0.378 e. The van der Waals surface area contributed by atoms with Crippen molar-refractivity contribution in [3.63, 3.8) is 0 Å². The van der Waals surface area contributed by atoms with Gasteiger partial charge in [0.2, 0.25) is 5.91 Å². The molecular weight excluding hydrogens is 598 g/mol. The Kier molecular flexibility index (Phi) is 8.18. The van der Waals surface area contributed by atoms with Crippen molar-refractivity contribution in [2.45, 2.75) is 36.9 Å². The van der Waals surface area contributed by atoms with Crippen molar-refractivity contribution in [1.29, 1.82) is 0 Å². The minimum atomic E-state index is -0.633. The van der Waals surface area contributed by atoms with Gasteiger partial charge in [0.1, 0.15) is 17.5 Å². The summed E-state index contributed by atoms with van der Waals surface area (Å²) in [5, 5.41) is 0.829. The number of rotatable bonds is 6. The van der Waals surface area contributed by atoms with E-state index in [1.54, 1.807) is 16.7 Å². The number of aryl methyl sites for hydroxylation is 1. The zero-order chi connectivity index (χ0) is 31.4. The third-order valence-electron chi connectivity index (χ3n) is 9.73. The van der Waals surface area contributed by atoms with Gasteiger partial charge in [0.25, 0.3) is 0 Å². The lowest BCUT2D eigenvalue weighted by Crippen LogP contribution is -2.57. The van der Waals surface area contributed by atoms with E-state index in [9.17, 15) is 14.0 Å². The molecular formula is C33H38F2N6O3S. The molecule has 2 atom stereocenters. The van der Waals surface area contributed by atoms with Gasteiger partial charge in [0.15, 0.2) is 0 Å². The number of nitrogens with zero attached hydrogens (tertiary/aromatic N) is 6. The summed E-state index contributed by atoms with van der Waals surface area (Å²) >= 11 is 1.63. The van der Waals surface area contributed by atoms with Gasteiger partial charge in [0, 0.05) is 91.6 Å². The van der Waals surface area contributed by atoms with Crippen LogP contribution in [0.2, 0.25) is 0 Å². The lowest BCUT2D eigenvalue weighted by Gasteiger charge is -2.44. The molecule has 0 aliphatic carbocycles. The number of anilines is 1. The summed E-state index contributed by atoms with van der Waals surface area (Å²) in [7, 11) is 0. The maximum absolute atomic E-state index is 15.3. The lowest BCUT2D eigenvalue weighted by atomic mass is 9.96. The number of carbonyl (C=O) groups excluding carboxylic acids is 1. The average molecular weight is 637 g/mol. The van der Waals surface area contributed by atoms with Gasteiger partial charge in [-0.25, -0.2) is 13.6 Å². The molecule has 238 valence electrons. The van der Waals surface area contributed by atoms with E-state index in [1.807, 2.05) is 24.5 Å². The van der Waals surface area contributed by atoms with E-state index < -0.39 is 11.6 Å². The lowest BCUT2D eigenvalue weighted by molar-refractivity contribution is -0.126. The number of hydrogen-bond donors (Lipinski definition) is 0. The maximum Gasteiger partial charge on any atom is 0.350 e. The van der Waals surface area contributed by atoms with E-state index in [0.717, 1.165) is 66.8 Å². The molecule has 3 saturated heterocycles. The van der Waals surface area contributed by atoms with Crippen LogP contribution in [0.4, 0.5) is 14.6 Å². The van der Waals surface area contributed by atoms with Crippen molar-refractivity contribution in [3.8, 4) is 11.1 Å². The molecule has 3 aromatic rings. The van der Waals surface area contributed by atoms with Crippen LogP contribution in [0.15, 0.2) is 46.6 Å². The highest BCUT2D eigenvalue weighted by Crippen LogP contribution is 2.46. The first kappa shape index (κ1) is 30.3. The molecule has 0 radical (unpaired) electrons. The molecule has 4 aliphatic heterocycles. The van der Waals surface area contributed by atoms with Crippen molar-refractivity contribution in [2.24, 2.45) is 0 Å². The Balaban J connectivity index is 1.31. The highest BCUT2D eigenvalue weighted by atomic mass is 32.2. The van der Waals surface area contributed by atoms with E-state index >= 15 is 4.39 Å². The molecule has 0 N–H and O–H groups in total. The van der Waals surface area contributed by atoms with Gasteiger partial charge in [-0.1, -0.05) is 6.58 Å². The SMILES string of the molecule is C=CC(=O)N1CCN(c2nc(=O)n3c4c(c(-c5ccc(F)cc5F)c(C)cc24)SC[C@@H]3CN2CCN(C3COC3)CC2)[C@@H](C)C1. The van der Waals surface area contributed by atoms with Crippen molar-refractivity contribution < 1.29 is 18.3 Å². The molecule has 4 aliphatic rings. The molecule has 0 saturated carbocycles. The Morgan fingerprint density at radius 3 is 2.58 bits per heavy atom. The van der Waals surface area contributed by atoms with E-state index in [1.165, 1.54) is 18.2 Å². The van der Waals surface area contributed by atoms with Crippen LogP contribution in [0.5, 0.6) is 0 Å². The number of piperazine rings is 2. The van der Waals surface area contributed by atoms with E-state index in [0.29, 0.717) is 54.9 Å². The topological polar surface area (TPSA) is 74.2 Å². The van der Waals surface area contributed by atoms with Crippen molar-refractivity contribution >= 4 is 34.4 Å². The van der Waals surface area contributed by atoms with E-state index in [2.05, 4.69) is 21.3 Å². The Morgan fingerprint density at radius 1 is 1.13 bits per heavy atom. The minimum Gasteiger partial charge on any atom is -0.378 e.